The Hall–Kier alpha value is -1.62. The molecule has 2 aromatic heterocycles. The van der Waals surface area contributed by atoms with Gasteiger partial charge in [0.2, 0.25) is 0 Å². The Morgan fingerprint density at radius 1 is 1.20 bits per heavy atom. The highest BCUT2D eigenvalue weighted by molar-refractivity contribution is 7.11. The highest BCUT2D eigenvalue weighted by atomic mass is 35.5. The molecular weight excluding hydrogens is 350 g/mol. The maximum absolute atomic E-state index is 4.68. The second-order valence-corrected chi connectivity index (χ2v) is 7.90. The zero-order valence-electron chi connectivity index (χ0n) is 14.4. The second kappa shape index (κ2) is 8.17. The Morgan fingerprint density at radius 3 is 2.80 bits per heavy atom. The van der Waals surface area contributed by atoms with Crippen LogP contribution >= 0.6 is 23.7 Å². The molecule has 0 bridgehead atoms. The molecule has 25 heavy (non-hydrogen) atoms. The quantitative estimate of drug-likeness (QED) is 0.690. The average Bonchev–Trinajstić information content (AvgIpc) is 3.21. The summed E-state index contributed by atoms with van der Waals surface area (Å²) in [6.07, 6.45) is 5.65. The predicted octanol–water partition coefficient (Wildman–Crippen LogP) is 4.89. The van der Waals surface area contributed by atoms with Crippen molar-refractivity contribution in [1.29, 1.82) is 0 Å². The zero-order valence-corrected chi connectivity index (χ0v) is 16.1. The summed E-state index contributed by atoms with van der Waals surface area (Å²) in [6, 6.07) is 15.5. The summed E-state index contributed by atoms with van der Waals surface area (Å²) >= 11 is 1.88. The van der Waals surface area contributed by atoms with E-state index in [9.17, 15) is 0 Å². The molecule has 1 aromatic carbocycles. The van der Waals surface area contributed by atoms with Crippen LogP contribution in [-0.4, -0.2) is 9.78 Å². The molecule has 3 aromatic rings. The first kappa shape index (κ1) is 18.2. The molecule has 0 aliphatic heterocycles. The molecule has 0 amide bonds. The van der Waals surface area contributed by atoms with E-state index in [1.165, 1.54) is 39.4 Å². The van der Waals surface area contributed by atoms with Crippen molar-refractivity contribution in [3.63, 3.8) is 0 Å². The van der Waals surface area contributed by atoms with Crippen molar-refractivity contribution in [2.45, 2.75) is 45.3 Å². The third-order valence-electron chi connectivity index (χ3n) is 4.76. The smallest absolute Gasteiger partial charge is 0.0662 e. The van der Waals surface area contributed by atoms with Gasteiger partial charge in [-0.1, -0.05) is 30.3 Å². The molecule has 0 saturated heterocycles. The summed E-state index contributed by atoms with van der Waals surface area (Å²) in [7, 11) is 0. The van der Waals surface area contributed by atoms with Crippen molar-refractivity contribution in [1.82, 2.24) is 15.1 Å². The number of hydrogen-bond acceptors (Lipinski definition) is 3. The van der Waals surface area contributed by atoms with E-state index in [1.54, 1.807) is 0 Å². The standard InChI is InChI=1S/C20H23N3S.ClH/c1-15-10-11-17(24-15)12-21-19-8-5-9-20-18(19)13-22-23(20)14-16-6-3-2-4-7-16;/h2-4,6-7,10-11,13,19,21H,5,8-9,12,14H2,1H3;1H. The summed E-state index contributed by atoms with van der Waals surface area (Å²) in [5.41, 5.74) is 4.11. The van der Waals surface area contributed by atoms with Crippen molar-refractivity contribution in [3.8, 4) is 0 Å². The number of thiophene rings is 1. The van der Waals surface area contributed by atoms with E-state index in [2.05, 4.69) is 70.7 Å². The largest absolute Gasteiger partial charge is 0.305 e. The molecule has 0 radical (unpaired) electrons. The molecule has 1 N–H and O–H groups in total. The molecule has 1 aliphatic rings. The Kier molecular flexibility index (Phi) is 5.94. The monoisotopic (exact) mass is 373 g/mol. The first-order chi connectivity index (χ1) is 11.8. The van der Waals surface area contributed by atoms with Crippen LogP contribution in [0, 0.1) is 6.92 Å². The van der Waals surface area contributed by atoms with Gasteiger partial charge in [0.25, 0.3) is 0 Å². The molecule has 0 spiro atoms. The molecule has 1 atom stereocenters. The van der Waals surface area contributed by atoms with Crippen LogP contribution in [0.15, 0.2) is 48.7 Å². The van der Waals surface area contributed by atoms with Crippen LogP contribution in [0.4, 0.5) is 0 Å². The minimum absolute atomic E-state index is 0. The van der Waals surface area contributed by atoms with Crippen LogP contribution in [0.3, 0.4) is 0 Å². The Balaban J connectivity index is 0.00000182. The van der Waals surface area contributed by atoms with E-state index in [-0.39, 0.29) is 12.4 Å². The van der Waals surface area contributed by atoms with Crippen LogP contribution in [0.5, 0.6) is 0 Å². The molecule has 0 saturated carbocycles. The average molecular weight is 374 g/mol. The first-order valence-corrected chi connectivity index (χ1v) is 9.48. The Bertz CT molecular complexity index is 809. The van der Waals surface area contributed by atoms with Gasteiger partial charge in [0.15, 0.2) is 0 Å². The van der Waals surface area contributed by atoms with Crippen LogP contribution < -0.4 is 5.32 Å². The van der Waals surface area contributed by atoms with Gasteiger partial charge in [0.1, 0.15) is 0 Å². The highest BCUT2D eigenvalue weighted by Crippen LogP contribution is 2.30. The van der Waals surface area contributed by atoms with Gasteiger partial charge in [-0.15, -0.1) is 23.7 Å². The van der Waals surface area contributed by atoms with E-state index in [4.69, 9.17) is 0 Å². The van der Waals surface area contributed by atoms with Crippen molar-refractivity contribution < 1.29 is 0 Å². The lowest BCUT2D eigenvalue weighted by Gasteiger charge is -2.24. The number of halogens is 1. The summed E-state index contributed by atoms with van der Waals surface area (Å²) in [4.78, 5) is 2.79. The Labute approximate surface area is 159 Å². The number of nitrogens with one attached hydrogen (secondary N) is 1. The number of aryl methyl sites for hydroxylation is 1. The topological polar surface area (TPSA) is 29.9 Å². The van der Waals surface area contributed by atoms with E-state index >= 15 is 0 Å². The molecule has 1 aliphatic carbocycles. The van der Waals surface area contributed by atoms with Crippen molar-refractivity contribution in [2.24, 2.45) is 0 Å². The fourth-order valence-electron chi connectivity index (χ4n) is 3.53. The molecule has 5 heteroatoms. The fourth-order valence-corrected chi connectivity index (χ4v) is 4.37. The second-order valence-electron chi connectivity index (χ2n) is 6.53. The van der Waals surface area contributed by atoms with Gasteiger partial charge < -0.3 is 5.32 Å². The van der Waals surface area contributed by atoms with E-state index in [0.717, 1.165) is 19.5 Å². The SMILES string of the molecule is Cc1ccc(CNC2CCCc3c2cnn3Cc2ccccc2)s1.Cl. The number of aromatic nitrogens is 2. The molecule has 2 heterocycles. The van der Waals surface area contributed by atoms with Crippen LogP contribution in [0.25, 0.3) is 0 Å². The molecule has 3 nitrogen and oxygen atoms in total. The third-order valence-corrected chi connectivity index (χ3v) is 5.76. The van der Waals surface area contributed by atoms with Gasteiger partial charge in [-0.3, -0.25) is 4.68 Å². The van der Waals surface area contributed by atoms with E-state index in [0.29, 0.717) is 6.04 Å². The van der Waals surface area contributed by atoms with E-state index < -0.39 is 0 Å². The Morgan fingerprint density at radius 2 is 2.04 bits per heavy atom. The lowest BCUT2D eigenvalue weighted by Crippen LogP contribution is -2.25. The van der Waals surface area contributed by atoms with Gasteiger partial charge in [0, 0.05) is 33.6 Å². The molecule has 4 rings (SSSR count). The number of hydrogen-bond donors (Lipinski definition) is 1. The molecule has 1 unspecified atom stereocenters. The third kappa shape index (κ3) is 4.14. The number of rotatable bonds is 5. The lowest BCUT2D eigenvalue weighted by atomic mass is 9.93. The lowest BCUT2D eigenvalue weighted by molar-refractivity contribution is 0.451. The molecule has 0 fully saturated rings. The highest BCUT2D eigenvalue weighted by Gasteiger charge is 2.24. The first-order valence-electron chi connectivity index (χ1n) is 8.67. The van der Waals surface area contributed by atoms with Crippen LogP contribution in [0.1, 0.15) is 45.5 Å². The van der Waals surface area contributed by atoms with Gasteiger partial charge in [-0.25, -0.2) is 0 Å². The van der Waals surface area contributed by atoms with E-state index in [1.807, 2.05) is 11.3 Å². The maximum Gasteiger partial charge on any atom is 0.0662 e. The number of fused-ring (bicyclic) bond motifs is 1. The molecular formula is C20H24ClN3S. The minimum atomic E-state index is 0. The van der Waals surface area contributed by atoms with Crippen LogP contribution in [-0.2, 0) is 19.5 Å². The van der Waals surface area contributed by atoms with Crippen LogP contribution in [0.2, 0.25) is 0 Å². The number of nitrogens with zero attached hydrogens (tertiary/aromatic N) is 2. The van der Waals surface area contributed by atoms with Gasteiger partial charge in [0.05, 0.1) is 12.7 Å². The van der Waals surface area contributed by atoms with Crippen molar-refractivity contribution >= 4 is 23.7 Å². The van der Waals surface area contributed by atoms with Gasteiger partial charge >= 0.3 is 0 Å². The maximum atomic E-state index is 4.68. The molecule has 132 valence electrons. The van der Waals surface area contributed by atoms with Gasteiger partial charge in [-0.2, -0.15) is 5.10 Å². The van der Waals surface area contributed by atoms with Crippen molar-refractivity contribution in [2.75, 3.05) is 0 Å². The van der Waals surface area contributed by atoms with Crippen molar-refractivity contribution in [3.05, 3.63) is 75.2 Å². The normalized spacial score (nSPS) is 16.3. The number of benzene rings is 1. The summed E-state index contributed by atoms with van der Waals surface area (Å²) in [5.74, 6) is 0. The van der Waals surface area contributed by atoms with Gasteiger partial charge in [-0.05, 0) is 43.9 Å². The zero-order chi connectivity index (χ0) is 16.4. The minimum Gasteiger partial charge on any atom is -0.305 e. The summed E-state index contributed by atoms with van der Waals surface area (Å²) in [5, 5.41) is 8.42. The summed E-state index contributed by atoms with van der Waals surface area (Å²) < 4.78 is 2.19. The fraction of sp³-hybridized carbons (Fsp3) is 0.350. The predicted molar refractivity (Wildman–Crippen MR) is 107 cm³/mol. The summed E-state index contributed by atoms with van der Waals surface area (Å²) in [6.45, 7) is 3.99.